The number of hydrogen-bond donors (Lipinski definition) is 1. The van der Waals surface area contributed by atoms with Gasteiger partial charge in [-0.25, -0.2) is 0 Å². The van der Waals surface area contributed by atoms with Gasteiger partial charge in [0.15, 0.2) is 5.65 Å². The lowest BCUT2D eigenvalue weighted by Crippen LogP contribution is -2.34. The van der Waals surface area contributed by atoms with Crippen molar-refractivity contribution >= 4 is 11.5 Å². The number of likely N-dealkylation sites (tertiary alicyclic amines) is 1. The van der Waals surface area contributed by atoms with Gasteiger partial charge in [-0.05, 0) is 48.5 Å². The van der Waals surface area contributed by atoms with Crippen LogP contribution in [-0.4, -0.2) is 55.8 Å². The minimum absolute atomic E-state index is 0.612. The first-order chi connectivity index (χ1) is 8.86. The van der Waals surface area contributed by atoms with E-state index in [1.54, 1.807) is 0 Å². The fraction of sp³-hybridized carbons (Fsp3) is 0.636. The average Bonchev–Trinajstić information content (AvgIpc) is 3.04. The molecule has 3 heterocycles. The second-order valence-electron chi connectivity index (χ2n) is 4.55. The molecule has 96 valence electrons. The first-order valence-corrected chi connectivity index (χ1v) is 6.40. The van der Waals surface area contributed by atoms with Crippen molar-refractivity contribution in [3.63, 3.8) is 0 Å². The smallest absolute Gasteiger partial charge is 0.200 e. The predicted molar refractivity (Wildman–Crippen MR) is 67.3 cm³/mol. The molecule has 2 aromatic rings. The van der Waals surface area contributed by atoms with Gasteiger partial charge in [0.25, 0.3) is 0 Å². The SMILES string of the molecule is CCN1CCCC1CNc1ccc2nnnn2n1. The van der Waals surface area contributed by atoms with Crippen LogP contribution in [0.25, 0.3) is 5.65 Å². The van der Waals surface area contributed by atoms with Crippen LogP contribution in [-0.2, 0) is 0 Å². The molecule has 3 rings (SSSR count). The van der Waals surface area contributed by atoms with Crippen LogP contribution in [0.1, 0.15) is 19.8 Å². The van der Waals surface area contributed by atoms with Crippen LogP contribution in [0.3, 0.4) is 0 Å². The van der Waals surface area contributed by atoms with Crippen LogP contribution in [0.2, 0.25) is 0 Å². The number of fused-ring (bicyclic) bond motifs is 1. The summed E-state index contributed by atoms with van der Waals surface area (Å²) in [5.41, 5.74) is 0.664. The molecular weight excluding hydrogens is 230 g/mol. The monoisotopic (exact) mass is 247 g/mol. The van der Waals surface area contributed by atoms with Gasteiger partial charge in [-0.3, -0.25) is 4.90 Å². The van der Waals surface area contributed by atoms with Gasteiger partial charge in [0.2, 0.25) is 0 Å². The summed E-state index contributed by atoms with van der Waals surface area (Å²) in [7, 11) is 0. The Morgan fingerprint density at radius 3 is 3.28 bits per heavy atom. The number of tetrazole rings is 1. The van der Waals surface area contributed by atoms with E-state index in [9.17, 15) is 0 Å². The molecular formula is C11H17N7. The van der Waals surface area contributed by atoms with Crippen LogP contribution in [0, 0.1) is 0 Å². The number of anilines is 1. The third-order valence-electron chi connectivity index (χ3n) is 3.49. The molecule has 0 radical (unpaired) electrons. The Morgan fingerprint density at radius 2 is 2.39 bits per heavy atom. The molecule has 18 heavy (non-hydrogen) atoms. The second-order valence-corrected chi connectivity index (χ2v) is 4.55. The van der Waals surface area contributed by atoms with E-state index in [1.165, 1.54) is 24.0 Å². The maximum absolute atomic E-state index is 4.30. The quantitative estimate of drug-likeness (QED) is 0.844. The fourth-order valence-electron chi connectivity index (χ4n) is 2.51. The van der Waals surface area contributed by atoms with Crippen LogP contribution in [0.15, 0.2) is 12.1 Å². The van der Waals surface area contributed by atoms with Gasteiger partial charge in [0.1, 0.15) is 5.82 Å². The fourth-order valence-corrected chi connectivity index (χ4v) is 2.51. The Kier molecular flexibility index (Phi) is 3.06. The molecule has 1 aliphatic rings. The van der Waals surface area contributed by atoms with Crippen LogP contribution in [0.4, 0.5) is 5.82 Å². The van der Waals surface area contributed by atoms with E-state index in [-0.39, 0.29) is 0 Å². The lowest BCUT2D eigenvalue weighted by Gasteiger charge is -2.22. The zero-order valence-corrected chi connectivity index (χ0v) is 10.5. The van der Waals surface area contributed by atoms with Crippen molar-refractivity contribution < 1.29 is 0 Å². The van der Waals surface area contributed by atoms with Gasteiger partial charge in [0.05, 0.1) is 0 Å². The predicted octanol–water partition coefficient (Wildman–Crippen LogP) is 0.415. The Labute approximate surface area is 105 Å². The minimum atomic E-state index is 0.612. The summed E-state index contributed by atoms with van der Waals surface area (Å²) >= 11 is 0. The molecule has 1 unspecified atom stereocenters. The van der Waals surface area contributed by atoms with Crippen LogP contribution in [0.5, 0.6) is 0 Å². The van der Waals surface area contributed by atoms with Gasteiger partial charge in [0, 0.05) is 12.6 Å². The molecule has 0 bridgehead atoms. The van der Waals surface area contributed by atoms with E-state index in [4.69, 9.17) is 0 Å². The molecule has 1 fully saturated rings. The molecule has 1 aliphatic heterocycles. The molecule has 1 atom stereocenters. The van der Waals surface area contributed by atoms with Crippen LogP contribution >= 0.6 is 0 Å². The standard InChI is InChI=1S/C11H17N7/c1-2-17-7-3-4-9(17)8-12-10-5-6-11-13-15-16-18(11)14-10/h5-6,9H,2-4,7-8H2,1H3,(H,12,14). The van der Waals surface area contributed by atoms with Gasteiger partial charge in [-0.2, -0.15) is 0 Å². The first-order valence-electron chi connectivity index (χ1n) is 6.40. The van der Waals surface area contributed by atoms with Gasteiger partial charge >= 0.3 is 0 Å². The molecule has 0 saturated carbocycles. The van der Waals surface area contributed by atoms with Crippen molar-refractivity contribution in [3.8, 4) is 0 Å². The number of nitrogens with one attached hydrogen (secondary N) is 1. The summed E-state index contributed by atoms with van der Waals surface area (Å²) in [6.07, 6.45) is 2.55. The maximum Gasteiger partial charge on any atom is 0.200 e. The zero-order valence-electron chi connectivity index (χ0n) is 10.5. The summed E-state index contributed by atoms with van der Waals surface area (Å²) in [5.74, 6) is 0.817. The summed E-state index contributed by atoms with van der Waals surface area (Å²) in [4.78, 5) is 2.50. The highest BCUT2D eigenvalue weighted by atomic mass is 15.6. The lowest BCUT2D eigenvalue weighted by molar-refractivity contribution is 0.277. The summed E-state index contributed by atoms with van der Waals surface area (Å²) in [5, 5.41) is 18.8. The lowest BCUT2D eigenvalue weighted by atomic mass is 10.2. The highest BCUT2D eigenvalue weighted by Crippen LogP contribution is 2.16. The number of nitrogens with zero attached hydrogens (tertiary/aromatic N) is 6. The van der Waals surface area contributed by atoms with Crippen molar-refractivity contribution in [2.24, 2.45) is 0 Å². The maximum atomic E-state index is 4.30. The van der Waals surface area contributed by atoms with Crippen molar-refractivity contribution in [2.45, 2.75) is 25.8 Å². The summed E-state index contributed by atoms with van der Waals surface area (Å²) in [6.45, 7) is 5.46. The highest BCUT2D eigenvalue weighted by molar-refractivity contribution is 5.42. The molecule has 1 N–H and O–H groups in total. The largest absolute Gasteiger partial charge is 0.367 e. The Bertz CT molecular complexity index is 523. The molecule has 0 amide bonds. The Morgan fingerprint density at radius 1 is 1.44 bits per heavy atom. The van der Waals surface area contributed by atoms with Crippen molar-refractivity contribution in [3.05, 3.63) is 12.1 Å². The summed E-state index contributed by atoms with van der Waals surface area (Å²) in [6, 6.07) is 4.39. The highest BCUT2D eigenvalue weighted by Gasteiger charge is 2.22. The van der Waals surface area contributed by atoms with E-state index >= 15 is 0 Å². The van der Waals surface area contributed by atoms with Crippen molar-refractivity contribution in [2.75, 3.05) is 25.0 Å². The van der Waals surface area contributed by atoms with E-state index in [1.807, 2.05) is 12.1 Å². The van der Waals surface area contributed by atoms with E-state index in [2.05, 4.69) is 37.8 Å². The zero-order chi connectivity index (χ0) is 12.4. The summed E-state index contributed by atoms with van der Waals surface area (Å²) < 4.78 is 1.44. The normalized spacial score (nSPS) is 20.6. The van der Waals surface area contributed by atoms with E-state index < -0.39 is 0 Å². The van der Waals surface area contributed by atoms with Gasteiger partial charge < -0.3 is 5.32 Å². The third-order valence-corrected chi connectivity index (χ3v) is 3.49. The molecule has 1 saturated heterocycles. The van der Waals surface area contributed by atoms with Gasteiger partial charge in [-0.15, -0.1) is 14.8 Å². The van der Waals surface area contributed by atoms with Crippen LogP contribution < -0.4 is 5.32 Å². The van der Waals surface area contributed by atoms with Gasteiger partial charge in [-0.1, -0.05) is 6.92 Å². The topological polar surface area (TPSA) is 71.2 Å². The number of aromatic nitrogens is 5. The van der Waals surface area contributed by atoms with Crippen molar-refractivity contribution in [1.29, 1.82) is 0 Å². The molecule has 0 spiro atoms. The first kappa shape index (κ1) is 11.3. The molecule has 0 aliphatic carbocycles. The second kappa shape index (κ2) is 4.85. The third kappa shape index (κ3) is 2.13. The van der Waals surface area contributed by atoms with E-state index in [0.717, 1.165) is 18.9 Å². The molecule has 7 heteroatoms. The minimum Gasteiger partial charge on any atom is -0.367 e. The molecule has 0 aromatic carbocycles. The number of hydrogen-bond acceptors (Lipinski definition) is 6. The Hall–Kier alpha value is -1.76. The van der Waals surface area contributed by atoms with E-state index in [0.29, 0.717) is 11.7 Å². The Balaban J connectivity index is 1.65. The molecule has 2 aromatic heterocycles. The molecule has 7 nitrogen and oxygen atoms in total. The number of rotatable bonds is 4. The average molecular weight is 247 g/mol. The number of likely N-dealkylation sites (N-methyl/N-ethyl adjacent to an activating group) is 1. The van der Waals surface area contributed by atoms with Crippen molar-refractivity contribution in [1.82, 2.24) is 30.2 Å².